The van der Waals surface area contributed by atoms with Crippen molar-refractivity contribution in [3.63, 3.8) is 0 Å². The number of nitrogens with zero attached hydrogens (tertiary/aromatic N) is 4. The van der Waals surface area contributed by atoms with Gasteiger partial charge in [0.05, 0.1) is 42.9 Å². The number of anilines is 1. The third kappa shape index (κ3) is 5.82. The highest BCUT2D eigenvalue weighted by atomic mass is 32.3. The van der Waals surface area contributed by atoms with Crippen molar-refractivity contribution in [1.29, 1.82) is 0 Å². The van der Waals surface area contributed by atoms with E-state index in [0.717, 1.165) is 17.7 Å². The lowest BCUT2D eigenvalue weighted by Gasteiger charge is -2.35. The second-order valence-corrected chi connectivity index (χ2v) is 13.3. The van der Waals surface area contributed by atoms with E-state index in [0.29, 0.717) is 55.0 Å². The van der Waals surface area contributed by atoms with E-state index in [1.165, 1.54) is 15.5 Å². The summed E-state index contributed by atoms with van der Waals surface area (Å²) in [5.41, 5.74) is 1.31. The number of fused-ring (bicyclic) bond motifs is 1. The molecule has 1 aromatic heterocycles. The van der Waals surface area contributed by atoms with Crippen LogP contribution in [0.3, 0.4) is 0 Å². The minimum absolute atomic E-state index is 0.141. The third-order valence-corrected chi connectivity index (χ3v) is 10.4. The van der Waals surface area contributed by atoms with Gasteiger partial charge in [-0.05, 0) is 41.8 Å². The molecule has 0 bridgehead atoms. The smallest absolute Gasteiger partial charge is 0.316 e. The predicted molar refractivity (Wildman–Crippen MR) is 159 cm³/mol. The van der Waals surface area contributed by atoms with Crippen molar-refractivity contribution >= 4 is 39.6 Å². The summed E-state index contributed by atoms with van der Waals surface area (Å²) in [5.74, 6) is 0.350. The van der Waals surface area contributed by atoms with Crippen LogP contribution in [-0.4, -0.2) is 56.5 Å². The van der Waals surface area contributed by atoms with Gasteiger partial charge in [-0.1, -0.05) is 73.3 Å². The normalized spacial score (nSPS) is 17.7. The van der Waals surface area contributed by atoms with Crippen molar-refractivity contribution < 1.29 is 9.29 Å². The molecule has 2 heterocycles. The molecule has 1 aliphatic heterocycles. The fraction of sp³-hybridized carbons (Fsp3) is 0.333. The molecule has 6 rings (SSSR count). The average Bonchev–Trinajstić information content (AvgIpc) is 3.72. The van der Waals surface area contributed by atoms with Gasteiger partial charge >= 0.3 is 5.56 Å². The molecule has 2 aliphatic rings. The number of hydrogen-bond acceptors (Lipinski definition) is 7. The molecule has 0 amide bonds. The van der Waals surface area contributed by atoms with Crippen LogP contribution in [0.5, 0.6) is 5.75 Å². The van der Waals surface area contributed by atoms with Crippen LogP contribution in [-0.2, 0) is 11.4 Å². The number of para-hydroxylation sites is 1. The second kappa shape index (κ2) is 11.3. The predicted octanol–water partition coefficient (Wildman–Crippen LogP) is 5.10. The van der Waals surface area contributed by atoms with Crippen molar-refractivity contribution in [2.75, 3.05) is 42.8 Å². The Morgan fingerprint density at radius 1 is 0.974 bits per heavy atom. The van der Waals surface area contributed by atoms with Gasteiger partial charge in [0, 0.05) is 23.4 Å². The van der Waals surface area contributed by atoms with Crippen LogP contribution in [0, 0.1) is 5.41 Å². The zero-order valence-electron chi connectivity index (χ0n) is 22.0. The fourth-order valence-electron chi connectivity index (χ4n) is 4.79. The molecule has 1 saturated carbocycles. The molecule has 1 saturated heterocycles. The van der Waals surface area contributed by atoms with Gasteiger partial charge in [-0.15, -0.1) is 4.31 Å². The average molecular weight is 561 g/mol. The molecule has 0 N–H and O–H groups in total. The van der Waals surface area contributed by atoms with Crippen molar-refractivity contribution in [2.45, 2.75) is 24.7 Å². The number of thioether (sulfide) groups is 1. The lowest BCUT2D eigenvalue weighted by molar-refractivity contribution is 0.242. The summed E-state index contributed by atoms with van der Waals surface area (Å²) < 4.78 is 22.8. The van der Waals surface area contributed by atoms with Gasteiger partial charge in [-0.25, -0.2) is 0 Å². The van der Waals surface area contributed by atoms with E-state index in [4.69, 9.17) is 4.74 Å². The van der Waals surface area contributed by atoms with Crippen molar-refractivity contribution in [3.8, 4) is 11.4 Å². The lowest BCUT2D eigenvalue weighted by atomic mass is 10.1. The van der Waals surface area contributed by atoms with Crippen LogP contribution in [0.2, 0.25) is 0 Å². The Morgan fingerprint density at radius 2 is 1.69 bits per heavy atom. The van der Waals surface area contributed by atoms with Gasteiger partial charge in [0.2, 0.25) is 5.75 Å². The molecule has 2 fully saturated rings. The molecular weight excluding hydrogens is 528 g/mol. The summed E-state index contributed by atoms with van der Waals surface area (Å²) in [6, 6.07) is 24.0. The van der Waals surface area contributed by atoms with E-state index in [1.54, 1.807) is 18.0 Å². The Kier molecular flexibility index (Phi) is 7.57. The molecule has 9 heteroatoms. The van der Waals surface area contributed by atoms with Crippen LogP contribution >= 0.6 is 11.8 Å². The Bertz CT molecular complexity index is 1500. The molecule has 1 aliphatic carbocycles. The number of hydrogen-bond donors (Lipinski definition) is 0. The highest BCUT2D eigenvalue weighted by Crippen LogP contribution is 2.45. The fourth-order valence-corrected chi connectivity index (χ4v) is 7.38. The third-order valence-electron chi connectivity index (χ3n) is 7.52. The Labute approximate surface area is 236 Å². The summed E-state index contributed by atoms with van der Waals surface area (Å²) in [4.78, 5) is 16.8. The maximum absolute atomic E-state index is 13.5. The monoisotopic (exact) mass is 560 g/mol. The first-order valence-electron chi connectivity index (χ1n) is 13.3. The first-order valence-corrected chi connectivity index (χ1v) is 15.6. The van der Waals surface area contributed by atoms with Crippen molar-refractivity contribution in [2.24, 2.45) is 5.41 Å². The number of ether oxygens (including phenoxy) is 1. The first kappa shape index (κ1) is 26.3. The van der Waals surface area contributed by atoms with E-state index in [2.05, 4.69) is 47.3 Å². The maximum Gasteiger partial charge on any atom is 0.316 e. The number of piperazine rings is 1. The standard InChI is InChI=1S/C30H32N4O3S2/c1-30(14-15-30)21-37-28-26(20-31-34(29(28)35)24-10-3-2-4-11-24)32-16-18-33(19-17-32)39(36)22-38-27-13-7-9-23-8-5-6-12-25(23)27/h2-13,20H,14-19,21-22H2,1H3. The molecule has 0 spiro atoms. The van der Waals surface area contributed by atoms with Gasteiger partial charge in [0.15, 0.2) is 5.08 Å². The first-order chi connectivity index (χ1) is 19.0. The topological polar surface area (TPSA) is 73.7 Å². The highest BCUT2D eigenvalue weighted by molar-refractivity contribution is 8.11. The molecule has 7 nitrogen and oxygen atoms in total. The summed E-state index contributed by atoms with van der Waals surface area (Å²) >= 11 is 0.528. The van der Waals surface area contributed by atoms with Gasteiger partial charge in [0.25, 0.3) is 0 Å². The van der Waals surface area contributed by atoms with Gasteiger partial charge in [0.1, 0.15) is 5.69 Å². The molecule has 202 valence electrons. The zero-order chi connectivity index (χ0) is 26.8. The lowest BCUT2D eigenvalue weighted by Crippen LogP contribution is -2.49. The van der Waals surface area contributed by atoms with Crippen LogP contribution in [0.1, 0.15) is 19.8 Å². The maximum atomic E-state index is 13.5. The SMILES string of the molecule is CC1(COc2c(N3CCN([S+]([O-])CSc4cccc5ccccc45)CC3)cnn(-c3ccccc3)c2=O)CC1. The van der Waals surface area contributed by atoms with Crippen LogP contribution in [0.15, 0.2) is 88.7 Å². The molecule has 1 unspecified atom stereocenters. The minimum Gasteiger partial charge on any atom is -0.597 e. The largest absolute Gasteiger partial charge is 0.597 e. The van der Waals surface area contributed by atoms with Gasteiger partial charge in [-0.2, -0.15) is 9.78 Å². The summed E-state index contributed by atoms with van der Waals surface area (Å²) in [7, 11) is 0. The molecule has 39 heavy (non-hydrogen) atoms. The Hall–Kier alpha value is -2.98. The van der Waals surface area contributed by atoms with E-state index in [1.807, 2.05) is 46.8 Å². The van der Waals surface area contributed by atoms with Crippen molar-refractivity contribution in [1.82, 2.24) is 14.1 Å². The number of aromatic nitrogens is 2. The Morgan fingerprint density at radius 3 is 2.46 bits per heavy atom. The van der Waals surface area contributed by atoms with Gasteiger partial charge in [-0.3, -0.25) is 4.79 Å². The van der Waals surface area contributed by atoms with Crippen LogP contribution in [0.4, 0.5) is 5.69 Å². The Balaban J connectivity index is 1.14. The van der Waals surface area contributed by atoms with Gasteiger partial charge < -0.3 is 14.2 Å². The molecule has 0 radical (unpaired) electrons. The van der Waals surface area contributed by atoms with Crippen molar-refractivity contribution in [3.05, 3.63) is 89.3 Å². The van der Waals surface area contributed by atoms with E-state index >= 15 is 0 Å². The van der Waals surface area contributed by atoms with Crippen LogP contribution in [0.25, 0.3) is 16.5 Å². The zero-order valence-corrected chi connectivity index (χ0v) is 23.6. The van der Waals surface area contributed by atoms with E-state index < -0.39 is 11.4 Å². The molecular formula is C30H32N4O3S2. The molecule has 1 atom stereocenters. The molecule has 4 aromatic rings. The number of rotatable bonds is 9. The number of benzene rings is 3. The summed E-state index contributed by atoms with van der Waals surface area (Å²) in [5, 5.41) is 7.39. The molecule has 3 aromatic carbocycles. The quantitative estimate of drug-likeness (QED) is 0.208. The highest BCUT2D eigenvalue weighted by Gasteiger charge is 2.39. The van der Waals surface area contributed by atoms with E-state index in [9.17, 15) is 9.35 Å². The summed E-state index contributed by atoms with van der Waals surface area (Å²) in [6.07, 6.45) is 3.96. The van der Waals surface area contributed by atoms with Crippen LogP contribution < -0.4 is 15.2 Å². The van der Waals surface area contributed by atoms with E-state index in [-0.39, 0.29) is 11.0 Å². The minimum atomic E-state index is -1.11. The second-order valence-electron chi connectivity index (χ2n) is 10.5. The summed E-state index contributed by atoms with van der Waals surface area (Å²) in [6.45, 7) is 5.28.